The van der Waals surface area contributed by atoms with Gasteiger partial charge in [0.25, 0.3) is 0 Å². The summed E-state index contributed by atoms with van der Waals surface area (Å²) >= 11 is 0. The average Bonchev–Trinajstić information content (AvgIpc) is 3.18. The second-order valence-electron chi connectivity index (χ2n) is 6.01. The third-order valence-electron chi connectivity index (χ3n) is 4.23. The maximum atomic E-state index is 12.9. The molecule has 1 saturated heterocycles. The molecule has 0 aliphatic carbocycles. The molecule has 22 heavy (non-hydrogen) atoms. The quantitative estimate of drug-likeness (QED) is 0.858. The van der Waals surface area contributed by atoms with Gasteiger partial charge in [0, 0.05) is 6.54 Å². The molecule has 1 atom stereocenters. The van der Waals surface area contributed by atoms with Crippen molar-refractivity contribution in [2.45, 2.75) is 43.5 Å². The maximum Gasteiger partial charge on any atom is 0.243 e. The van der Waals surface area contributed by atoms with Crippen LogP contribution < -0.4 is 0 Å². The van der Waals surface area contributed by atoms with Gasteiger partial charge < -0.3 is 4.42 Å². The lowest BCUT2D eigenvalue weighted by atomic mass is 10.0. The molecule has 2 heterocycles. The van der Waals surface area contributed by atoms with E-state index >= 15 is 0 Å². The lowest BCUT2D eigenvalue weighted by Crippen LogP contribution is -2.30. The first kappa shape index (κ1) is 15.3. The Morgan fingerprint density at radius 3 is 2.50 bits per heavy atom. The smallest absolute Gasteiger partial charge is 0.243 e. The highest BCUT2D eigenvalue weighted by Gasteiger charge is 2.37. The van der Waals surface area contributed by atoms with E-state index < -0.39 is 10.0 Å². The van der Waals surface area contributed by atoms with Crippen LogP contribution in [-0.4, -0.2) is 19.3 Å². The molecule has 1 aromatic carbocycles. The van der Waals surface area contributed by atoms with E-state index in [4.69, 9.17) is 4.42 Å². The van der Waals surface area contributed by atoms with Gasteiger partial charge in [-0.1, -0.05) is 26.0 Å². The molecule has 1 fully saturated rings. The predicted octanol–water partition coefficient (Wildman–Crippen LogP) is 3.93. The highest BCUT2D eigenvalue weighted by atomic mass is 32.2. The summed E-state index contributed by atoms with van der Waals surface area (Å²) in [4.78, 5) is 0.357. The van der Waals surface area contributed by atoms with E-state index in [0.29, 0.717) is 17.4 Å². The first-order valence-corrected chi connectivity index (χ1v) is 9.09. The fraction of sp³-hybridized carbons (Fsp3) is 0.412. The van der Waals surface area contributed by atoms with Gasteiger partial charge in [-0.05, 0) is 48.6 Å². The van der Waals surface area contributed by atoms with E-state index in [9.17, 15) is 8.42 Å². The van der Waals surface area contributed by atoms with Crippen LogP contribution in [0.25, 0.3) is 0 Å². The third kappa shape index (κ3) is 2.71. The van der Waals surface area contributed by atoms with E-state index in [1.807, 2.05) is 18.2 Å². The monoisotopic (exact) mass is 319 g/mol. The van der Waals surface area contributed by atoms with Crippen molar-refractivity contribution in [3.63, 3.8) is 0 Å². The van der Waals surface area contributed by atoms with Gasteiger partial charge in [-0.3, -0.25) is 0 Å². The Bertz CT molecular complexity index is 718. The largest absolute Gasteiger partial charge is 0.468 e. The Labute approximate surface area is 131 Å². The summed E-state index contributed by atoms with van der Waals surface area (Å²) in [6.07, 6.45) is 3.25. The van der Waals surface area contributed by atoms with Crippen molar-refractivity contribution in [3.05, 3.63) is 54.0 Å². The van der Waals surface area contributed by atoms with Crippen molar-refractivity contribution in [2.24, 2.45) is 0 Å². The maximum absolute atomic E-state index is 12.9. The van der Waals surface area contributed by atoms with Crippen LogP contribution >= 0.6 is 0 Å². The van der Waals surface area contributed by atoms with Crippen LogP contribution in [0.5, 0.6) is 0 Å². The van der Waals surface area contributed by atoms with Crippen LogP contribution in [0, 0.1) is 0 Å². The van der Waals surface area contributed by atoms with Crippen LogP contribution in [0.15, 0.2) is 52.0 Å². The Morgan fingerprint density at radius 1 is 1.18 bits per heavy atom. The number of hydrogen-bond acceptors (Lipinski definition) is 3. The standard InChI is InChI=1S/C17H21NO3S/c1-13(2)14-7-9-15(10-8-14)22(19,20)18-11-3-5-16(18)17-6-4-12-21-17/h4,6-10,12-13,16H,3,5,11H2,1-2H3/t16-/m0/s1. The molecule has 2 aromatic rings. The number of nitrogens with zero attached hydrogens (tertiary/aromatic N) is 1. The van der Waals surface area contributed by atoms with Gasteiger partial charge in [0.1, 0.15) is 5.76 Å². The summed E-state index contributed by atoms with van der Waals surface area (Å²) < 4.78 is 32.8. The van der Waals surface area contributed by atoms with Crippen molar-refractivity contribution >= 4 is 10.0 Å². The molecule has 1 aliphatic rings. The van der Waals surface area contributed by atoms with E-state index in [-0.39, 0.29) is 6.04 Å². The molecule has 5 heteroatoms. The molecule has 0 radical (unpaired) electrons. The first-order chi connectivity index (χ1) is 10.5. The van der Waals surface area contributed by atoms with E-state index in [1.54, 1.807) is 28.8 Å². The minimum absolute atomic E-state index is 0.190. The topological polar surface area (TPSA) is 50.5 Å². The zero-order chi connectivity index (χ0) is 15.7. The summed E-state index contributed by atoms with van der Waals surface area (Å²) in [5.41, 5.74) is 1.14. The van der Waals surface area contributed by atoms with Gasteiger partial charge in [-0.2, -0.15) is 4.31 Å². The number of benzene rings is 1. The van der Waals surface area contributed by atoms with Crippen LogP contribution in [0.2, 0.25) is 0 Å². The number of rotatable bonds is 4. The second-order valence-corrected chi connectivity index (χ2v) is 7.90. The molecule has 0 amide bonds. The van der Waals surface area contributed by atoms with E-state index in [2.05, 4.69) is 13.8 Å². The van der Waals surface area contributed by atoms with Gasteiger partial charge in [-0.25, -0.2) is 8.42 Å². The van der Waals surface area contributed by atoms with E-state index in [0.717, 1.165) is 24.2 Å². The van der Waals surface area contributed by atoms with Crippen LogP contribution in [0.3, 0.4) is 0 Å². The van der Waals surface area contributed by atoms with Crippen molar-refractivity contribution in [2.75, 3.05) is 6.54 Å². The van der Waals surface area contributed by atoms with Crippen LogP contribution in [0.4, 0.5) is 0 Å². The van der Waals surface area contributed by atoms with Crippen molar-refractivity contribution in [1.29, 1.82) is 0 Å². The van der Waals surface area contributed by atoms with E-state index in [1.165, 1.54) is 0 Å². The fourth-order valence-corrected chi connectivity index (χ4v) is 4.62. The predicted molar refractivity (Wildman–Crippen MR) is 85.1 cm³/mol. The second kappa shape index (κ2) is 5.89. The fourth-order valence-electron chi connectivity index (χ4n) is 2.95. The minimum Gasteiger partial charge on any atom is -0.468 e. The molecule has 3 rings (SSSR count). The lowest BCUT2D eigenvalue weighted by Gasteiger charge is -2.22. The summed E-state index contributed by atoms with van der Waals surface area (Å²) in [5.74, 6) is 1.11. The van der Waals surface area contributed by atoms with Crippen molar-refractivity contribution in [1.82, 2.24) is 4.31 Å². The normalized spacial score (nSPS) is 19.9. The third-order valence-corrected chi connectivity index (χ3v) is 6.15. The summed E-state index contributed by atoms with van der Waals surface area (Å²) in [6, 6.07) is 10.7. The summed E-state index contributed by atoms with van der Waals surface area (Å²) in [6.45, 7) is 4.73. The Kier molecular flexibility index (Phi) is 4.10. The van der Waals surface area contributed by atoms with Gasteiger partial charge in [0.2, 0.25) is 10.0 Å². The van der Waals surface area contributed by atoms with Gasteiger partial charge in [-0.15, -0.1) is 0 Å². The number of sulfonamides is 1. The molecule has 1 aliphatic heterocycles. The molecule has 0 N–H and O–H groups in total. The molecule has 0 bridgehead atoms. The Hall–Kier alpha value is -1.59. The SMILES string of the molecule is CC(C)c1ccc(S(=O)(=O)N2CCC[C@H]2c2ccco2)cc1. The average molecular weight is 319 g/mol. The zero-order valence-electron chi connectivity index (χ0n) is 12.9. The highest BCUT2D eigenvalue weighted by Crippen LogP contribution is 2.36. The Morgan fingerprint density at radius 2 is 1.91 bits per heavy atom. The van der Waals surface area contributed by atoms with Crippen molar-refractivity contribution < 1.29 is 12.8 Å². The molecular formula is C17H21NO3S. The molecule has 118 valence electrons. The number of furan rings is 1. The Balaban J connectivity index is 1.91. The summed E-state index contributed by atoms with van der Waals surface area (Å²) in [5, 5.41) is 0. The lowest BCUT2D eigenvalue weighted by molar-refractivity contribution is 0.340. The molecular weight excluding hydrogens is 298 g/mol. The van der Waals surface area contributed by atoms with Gasteiger partial charge in [0.15, 0.2) is 0 Å². The van der Waals surface area contributed by atoms with Crippen LogP contribution in [-0.2, 0) is 10.0 Å². The molecule has 0 saturated carbocycles. The first-order valence-electron chi connectivity index (χ1n) is 7.65. The molecule has 0 unspecified atom stereocenters. The minimum atomic E-state index is -3.48. The van der Waals surface area contributed by atoms with Gasteiger partial charge in [0.05, 0.1) is 17.2 Å². The summed E-state index contributed by atoms with van der Waals surface area (Å²) in [7, 11) is -3.48. The zero-order valence-corrected chi connectivity index (χ0v) is 13.7. The molecule has 0 spiro atoms. The van der Waals surface area contributed by atoms with Crippen LogP contribution in [0.1, 0.15) is 50.0 Å². The van der Waals surface area contributed by atoms with Gasteiger partial charge >= 0.3 is 0 Å². The number of hydrogen-bond donors (Lipinski definition) is 0. The molecule has 4 nitrogen and oxygen atoms in total. The highest BCUT2D eigenvalue weighted by molar-refractivity contribution is 7.89. The van der Waals surface area contributed by atoms with Crippen molar-refractivity contribution in [3.8, 4) is 0 Å². The molecule has 1 aromatic heterocycles.